The summed E-state index contributed by atoms with van der Waals surface area (Å²) in [5.74, 6) is -0.742. The minimum atomic E-state index is -0.476. The molecule has 3 rings (SSSR count). The summed E-state index contributed by atoms with van der Waals surface area (Å²) in [5.41, 5.74) is 2.66. The number of hydrogen-bond acceptors (Lipinski definition) is 4. The summed E-state index contributed by atoms with van der Waals surface area (Å²) in [7, 11) is 0. The average Bonchev–Trinajstić information content (AvgIpc) is 2.97. The summed E-state index contributed by atoms with van der Waals surface area (Å²) >= 11 is 0. The first-order valence-electron chi connectivity index (χ1n) is 9.50. The van der Waals surface area contributed by atoms with E-state index in [9.17, 15) is 14.7 Å². The lowest BCUT2D eigenvalue weighted by Crippen LogP contribution is -2.25. The van der Waals surface area contributed by atoms with Crippen molar-refractivity contribution in [3.05, 3.63) is 59.7 Å². The topological polar surface area (TPSA) is 96.1 Å². The first kappa shape index (κ1) is 20.3. The molecule has 0 aliphatic heterocycles. The number of fused-ring (bicyclic) bond motifs is 1. The summed E-state index contributed by atoms with van der Waals surface area (Å²) in [6, 6.07) is 14.6. The molecule has 29 heavy (non-hydrogen) atoms. The third-order valence-electron chi connectivity index (χ3n) is 4.55. The van der Waals surface area contributed by atoms with Gasteiger partial charge in [0.1, 0.15) is 0 Å². The summed E-state index contributed by atoms with van der Waals surface area (Å²) in [4.78, 5) is 24.1. The molecule has 0 spiro atoms. The predicted molar refractivity (Wildman–Crippen MR) is 112 cm³/mol. The molecule has 0 radical (unpaired) electrons. The third-order valence-corrected chi connectivity index (χ3v) is 4.55. The van der Waals surface area contributed by atoms with E-state index in [2.05, 4.69) is 15.5 Å². The van der Waals surface area contributed by atoms with Gasteiger partial charge < -0.3 is 15.0 Å². The zero-order valence-electron chi connectivity index (χ0n) is 16.7. The predicted octanol–water partition coefficient (Wildman–Crippen LogP) is 4.67. The minimum Gasteiger partial charge on any atom is -0.493 e. The van der Waals surface area contributed by atoms with Gasteiger partial charge in [-0.25, -0.2) is 0 Å². The van der Waals surface area contributed by atoms with Crippen molar-refractivity contribution < 1.29 is 14.7 Å². The highest BCUT2D eigenvalue weighted by molar-refractivity contribution is 5.96. The van der Waals surface area contributed by atoms with Crippen molar-refractivity contribution in [1.82, 2.24) is 9.88 Å². The van der Waals surface area contributed by atoms with Gasteiger partial charge in [-0.2, -0.15) is 0 Å². The zero-order chi connectivity index (χ0) is 21.0. The molecule has 0 aliphatic carbocycles. The van der Waals surface area contributed by atoms with Crippen LogP contribution < -0.4 is 5.32 Å². The van der Waals surface area contributed by atoms with Gasteiger partial charge in [0, 0.05) is 30.0 Å². The van der Waals surface area contributed by atoms with Crippen LogP contribution >= 0.6 is 0 Å². The van der Waals surface area contributed by atoms with Crippen LogP contribution in [0.4, 0.5) is 5.69 Å². The Balaban J connectivity index is 1.70. The zero-order valence-corrected chi connectivity index (χ0v) is 16.7. The van der Waals surface area contributed by atoms with Crippen LogP contribution in [0.1, 0.15) is 42.2 Å². The van der Waals surface area contributed by atoms with E-state index in [0.717, 1.165) is 16.5 Å². The molecule has 150 valence electrons. The number of azo groups is 1. The summed E-state index contributed by atoms with van der Waals surface area (Å²) in [5, 5.41) is 21.8. The van der Waals surface area contributed by atoms with Crippen LogP contribution in [0.15, 0.2) is 58.8 Å². The molecule has 0 aliphatic rings. The number of aromatic hydroxyl groups is 1. The Morgan fingerprint density at radius 1 is 1.14 bits per heavy atom. The van der Waals surface area contributed by atoms with Gasteiger partial charge in [-0.15, -0.1) is 10.2 Å². The second kappa shape index (κ2) is 8.68. The van der Waals surface area contributed by atoms with Crippen LogP contribution in [0.3, 0.4) is 0 Å². The molecule has 2 amide bonds. The quantitative estimate of drug-likeness (QED) is 0.597. The van der Waals surface area contributed by atoms with Gasteiger partial charge in [-0.1, -0.05) is 29.8 Å². The Hall–Kier alpha value is -3.48. The maximum absolute atomic E-state index is 12.1. The first-order valence-corrected chi connectivity index (χ1v) is 9.50. The van der Waals surface area contributed by atoms with E-state index >= 15 is 0 Å². The Labute approximate surface area is 169 Å². The maximum atomic E-state index is 12.1. The molecule has 7 nitrogen and oxygen atoms in total. The van der Waals surface area contributed by atoms with Crippen LogP contribution in [0.5, 0.6) is 5.88 Å². The fourth-order valence-electron chi connectivity index (χ4n) is 3.15. The minimum absolute atomic E-state index is 0.0185. The highest BCUT2D eigenvalue weighted by Crippen LogP contribution is 2.41. The number of carbonyl (C=O) groups is 2. The fourth-order valence-corrected chi connectivity index (χ4v) is 3.15. The number of rotatable bonds is 6. The number of aryl methyl sites for hydroxylation is 1. The molecule has 0 saturated carbocycles. The highest BCUT2D eigenvalue weighted by Gasteiger charge is 2.19. The SMILES string of the molecule is Cc1ccc2c(c1)c(N=NC(=O)CCNC(=O)c1ccccc1)c(O)n2C(C)C. The van der Waals surface area contributed by atoms with Crippen LogP contribution in [0.2, 0.25) is 0 Å². The van der Waals surface area contributed by atoms with E-state index in [0.29, 0.717) is 5.56 Å². The normalized spacial score (nSPS) is 11.4. The van der Waals surface area contributed by atoms with Crippen molar-refractivity contribution in [2.24, 2.45) is 10.2 Å². The van der Waals surface area contributed by atoms with Crippen molar-refractivity contribution in [3.63, 3.8) is 0 Å². The van der Waals surface area contributed by atoms with Gasteiger partial charge in [-0.3, -0.25) is 9.59 Å². The molecule has 0 atom stereocenters. The number of carbonyl (C=O) groups excluding carboxylic acids is 2. The van der Waals surface area contributed by atoms with Gasteiger partial charge in [0.15, 0.2) is 5.69 Å². The van der Waals surface area contributed by atoms with Crippen molar-refractivity contribution in [1.29, 1.82) is 0 Å². The van der Waals surface area contributed by atoms with Gasteiger partial charge in [0.2, 0.25) is 5.88 Å². The fraction of sp³-hybridized carbons (Fsp3) is 0.273. The lowest BCUT2D eigenvalue weighted by Gasteiger charge is -2.10. The lowest BCUT2D eigenvalue weighted by molar-refractivity contribution is -0.118. The van der Waals surface area contributed by atoms with E-state index in [1.54, 1.807) is 28.8 Å². The van der Waals surface area contributed by atoms with E-state index < -0.39 is 5.91 Å². The van der Waals surface area contributed by atoms with E-state index in [1.165, 1.54) is 0 Å². The molecule has 7 heteroatoms. The second-order valence-electron chi connectivity index (χ2n) is 7.12. The Kier molecular flexibility index (Phi) is 6.07. The summed E-state index contributed by atoms with van der Waals surface area (Å²) < 4.78 is 1.76. The van der Waals surface area contributed by atoms with E-state index in [1.807, 2.05) is 45.0 Å². The van der Waals surface area contributed by atoms with Gasteiger partial charge in [0.05, 0.1) is 5.52 Å². The summed E-state index contributed by atoms with van der Waals surface area (Å²) in [6.07, 6.45) is 0.0185. The number of hydrogen-bond donors (Lipinski definition) is 2. The largest absolute Gasteiger partial charge is 0.493 e. The third kappa shape index (κ3) is 4.51. The Morgan fingerprint density at radius 2 is 1.86 bits per heavy atom. The molecule has 0 bridgehead atoms. The lowest BCUT2D eigenvalue weighted by atomic mass is 10.1. The van der Waals surface area contributed by atoms with Gasteiger partial charge in [0.25, 0.3) is 11.8 Å². The van der Waals surface area contributed by atoms with Crippen LogP contribution in [0.25, 0.3) is 10.9 Å². The van der Waals surface area contributed by atoms with Gasteiger partial charge in [-0.05, 0) is 45.0 Å². The smallest absolute Gasteiger partial charge is 0.266 e. The molecule has 1 aromatic heterocycles. The number of nitrogens with zero attached hydrogens (tertiary/aromatic N) is 3. The molecule has 3 aromatic rings. The molecule has 2 aromatic carbocycles. The molecule has 0 saturated heterocycles. The molecular weight excluding hydrogens is 368 g/mol. The number of benzene rings is 2. The van der Waals surface area contributed by atoms with Crippen LogP contribution in [-0.4, -0.2) is 28.0 Å². The van der Waals surface area contributed by atoms with E-state index in [-0.39, 0.29) is 36.5 Å². The number of aromatic nitrogens is 1. The summed E-state index contributed by atoms with van der Waals surface area (Å²) in [6.45, 7) is 6.02. The van der Waals surface area contributed by atoms with Crippen molar-refractivity contribution in [2.45, 2.75) is 33.2 Å². The number of amides is 2. The maximum Gasteiger partial charge on any atom is 0.266 e. The van der Waals surface area contributed by atoms with E-state index in [4.69, 9.17) is 0 Å². The molecule has 0 unspecified atom stereocenters. The molecule has 1 heterocycles. The standard InChI is InChI=1S/C22H24N4O3/c1-14(2)26-18-10-9-15(3)13-17(18)20(22(26)29)25-24-19(27)11-12-23-21(28)16-7-5-4-6-8-16/h4-10,13-14,29H,11-12H2,1-3H3,(H,23,28). The first-order chi connectivity index (χ1) is 13.9. The van der Waals surface area contributed by atoms with Crippen molar-refractivity contribution in [2.75, 3.05) is 6.54 Å². The molecular formula is C22H24N4O3. The monoisotopic (exact) mass is 392 g/mol. The molecule has 2 N–H and O–H groups in total. The van der Waals surface area contributed by atoms with Crippen molar-refractivity contribution in [3.8, 4) is 5.88 Å². The average molecular weight is 392 g/mol. The number of nitrogens with one attached hydrogen (secondary N) is 1. The van der Waals surface area contributed by atoms with Crippen molar-refractivity contribution >= 4 is 28.4 Å². The Morgan fingerprint density at radius 3 is 2.55 bits per heavy atom. The van der Waals surface area contributed by atoms with Crippen LogP contribution in [-0.2, 0) is 4.79 Å². The van der Waals surface area contributed by atoms with Gasteiger partial charge >= 0.3 is 0 Å². The molecule has 0 fully saturated rings. The second-order valence-corrected chi connectivity index (χ2v) is 7.12. The Bertz CT molecular complexity index is 1070. The van der Waals surface area contributed by atoms with Crippen LogP contribution in [0, 0.1) is 6.92 Å². The highest BCUT2D eigenvalue weighted by atomic mass is 16.3.